The molecule has 0 spiro atoms. The summed E-state index contributed by atoms with van der Waals surface area (Å²) in [6.07, 6.45) is 1.87. The molecular weight excluding hydrogens is 358 g/mol. The maximum absolute atomic E-state index is 10.9. The fourth-order valence-corrected chi connectivity index (χ4v) is 3.58. The molecule has 0 amide bonds. The first-order valence-corrected chi connectivity index (χ1v) is 9.85. The van der Waals surface area contributed by atoms with E-state index >= 15 is 0 Å². The predicted molar refractivity (Wildman–Crippen MR) is 120 cm³/mol. The maximum Gasteiger partial charge on any atom is 0.151 e. The minimum Gasteiger partial charge on any atom is -0.507 e. The van der Waals surface area contributed by atoms with Crippen LogP contribution >= 0.6 is 0 Å². The molecule has 0 saturated carbocycles. The molecule has 0 unspecified atom stereocenters. The highest BCUT2D eigenvalue weighted by molar-refractivity contribution is 5.91. The zero-order chi connectivity index (χ0) is 21.6. The zero-order valence-corrected chi connectivity index (χ0v) is 18.3. The normalized spacial score (nSPS) is 13.0. The van der Waals surface area contributed by atoms with E-state index in [0.29, 0.717) is 17.1 Å². The van der Waals surface area contributed by atoms with Crippen LogP contribution in [-0.4, -0.2) is 14.7 Å². The van der Waals surface area contributed by atoms with E-state index in [2.05, 4.69) is 52.6 Å². The number of fused-ring (bicyclic) bond motifs is 1. The van der Waals surface area contributed by atoms with E-state index in [9.17, 15) is 10.4 Å². The van der Waals surface area contributed by atoms with Crippen molar-refractivity contribution < 1.29 is 5.11 Å². The molecule has 0 bridgehead atoms. The first-order valence-electron chi connectivity index (χ1n) is 9.85. The van der Waals surface area contributed by atoms with E-state index < -0.39 is 0 Å². The number of hydrogen-bond donors (Lipinski definition) is 1. The highest BCUT2D eigenvalue weighted by Crippen LogP contribution is 2.40. The minimum atomic E-state index is -0.224. The van der Waals surface area contributed by atoms with Crippen LogP contribution in [0, 0.1) is 11.3 Å². The summed E-state index contributed by atoms with van der Waals surface area (Å²) in [5, 5.41) is 20.8. The van der Waals surface area contributed by atoms with E-state index in [0.717, 1.165) is 27.7 Å². The molecule has 0 radical (unpaired) electrons. The molecule has 0 aliphatic rings. The van der Waals surface area contributed by atoms with Gasteiger partial charge in [0.25, 0.3) is 0 Å². The van der Waals surface area contributed by atoms with Gasteiger partial charge in [-0.05, 0) is 46.7 Å². The Morgan fingerprint density at radius 2 is 1.59 bits per heavy atom. The lowest BCUT2D eigenvalue weighted by Gasteiger charge is -2.28. The molecular formula is C25H29N3O. The van der Waals surface area contributed by atoms with Gasteiger partial charge in [-0.25, -0.2) is 4.98 Å². The van der Waals surface area contributed by atoms with E-state index in [1.807, 2.05) is 54.1 Å². The van der Waals surface area contributed by atoms with Crippen molar-refractivity contribution in [3.05, 3.63) is 58.9 Å². The number of phenols is 1. The minimum absolute atomic E-state index is 0.224. The van der Waals surface area contributed by atoms with E-state index in [-0.39, 0.29) is 10.8 Å². The largest absolute Gasteiger partial charge is 0.507 e. The van der Waals surface area contributed by atoms with Gasteiger partial charge in [0.15, 0.2) is 5.82 Å². The van der Waals surface area contributed by atoms with Crippen LogP contribution < -0.4 is 0 Å². The first kappa shape index (κ1) is 20.7. The number of imidazole rings is 1. The molecule has 3 rings (SSSR count). The Morgan fingerprint density at radius 3 is 2.07 bits per heavy atom. The topological polar surface area (TPSA) is 61.8 Å². The van der Waals surface area contributed by atoms with Crippen molar-refractivity contribution in [1.29, 1.82) is 5.26 Å². The molecule has 1 aromatic heterocycles. The Bertz CT molecular complexity index is 1110. The van der Waals surface area contributed by atoms with Gasteiger partial charge in [-0.3, -0.25) is 0 Å². The number of para-hydroxylation sites is 2. The first-order chi connectivity index (χ1) is 13.4. The number of nitriles is 1. The van der Waals surface area contributed by atoms with Gasteiger partial charge < -0.3 is 9.67 Å². The Hall–Kier alpha value is -3.06. The molecule has 0 aliphatic carbocycles. The molecule has 29 heavy (non-hydrogen) atoms. The molecule has 3 aromatic rings. The van der Waals surface area contributed by atoms with E-state index in [1.165, 1.54) is 0 Å². The number of nitrogens with zero attached hydrogens (tertiary/aromatic N) is 3. The lowest BCUT2D eigenvalue weighted by molar-refractivity contribution is 0.423. The SMILES string of the molecule is Cn1c(/C(C#N)=C/c2cc(C(C)(C)C)c(O)c(C(C)(C)C)c2)nc2ccccc21. The summed E-state index contributed by atoms with van der Waals surface area (Å²) in [5.74, 6) is 0.972. The lowest BCUT2D eigenvalue weighted by atomic mass is 9.78. The zero-order valence-electron chi connectivity index (χ0n) is 18.3. The summed E-state index contributed by atoms with van der Waals surface area (Å²) in [6.45, 7) is 12.5. The fraction of sp³-hybridized carbons (Fsp3) is 0.360. The van der Waals surface area contributed by atoms with Crippen LogP contribution in [0.2, 0.25) is 0 Å². The molecule has 0 fully saturated rings. The highest BCUT2D eigenvalue weighted by atomic mass is 16.3. The Labute approximate surface area is 173 Å². The van der Waals surface area contributed by atoms with Crippen LogP contribution in [0.25, 0.3) is 22.7 Å². The lowest BCUT2D eigenvalue weighted by Crippen LogP contribution is -2.17. The number of aromatic hydroxyl groups is 1. The smallest absolute Gasteiger partial charge is 0.151 e. The van der Waals surface area contributed by atoms with Crippen molar-refractivity contribution in [2.45, 2.75) is 52.4 Å². The van der Waals surface area contributed by atoms with Crippen LogP contribution in [0.5, 0.6) is 5.75 Å². The molecule has 2 aromatic carbocycles. The van der Waals surface area contributed by atoms with Crippen molar-refractivity contribution in [1.82, 2.24) is 9.55 Å². The predicted octanol–water partition coefficient (Wildman–Crippen LogP) is 5.94. The standard InChI is InChI=1S/C25H29N3O/c1-24(2,3)18-13-16(14-19(22(18)29)25(4,5)6)12-17(15-26)23-27-20-10-8-9-11-21(20)28(23)7/h8-14,29H,1-7H3/b17-12+. The monoisotopic (exact) mass is 387 g/mol. The fourth-order valence-electron chi connectivity index (χ4n) is 3.58. The average Bonchev–Trinajstić information content (AvgIpc) is 2.96. The number of hydrogen-bond acceptors (Lipinski definition) is 3. The summed E-state index contributed by atoms with van der Waals surface area (Å²) in [5.41, 5.74) is 4.53. The van der Waals surface area contributed by atoms with Gasteiger partial charge >= 0.3 is 0 Å². The number of aryl methyl sites for hydroxylation is 1. The molecule has 1 heterocycles. The molecule has 0 atom stereocenters. The van der Waals surface area contributed by atoms with Gasteiger partial charge in [0, 0.05) is 18.2 Å². The summed E-state index contributed by atoms with van der Waals surface area (Å²) in [4.78, 5) is 4.66. The number of allylic oxidation sites excluding steroid dienone is 1. The van der Waals surface area contributed by atoms with Crippen molar-refractivity contribution in [3.8, 4) is 11.8 Å². The van der Waals surface area contributed by atoms with Gasteiger partial charge in [-0.1, -0.05) is 53.7 Å². The third-order valence-corrected chi connectivity index (χ3v) is 5.21. The second-order valence-electron chi connectivity index (χ2n) is 9.62. The second kappa shape index (κ2) is 7.08. The molecule has 150 valence electrons. The van der Waals surface area contributed by atoms with Crippen LogP contribution in [0.15, 0.2) is 36.4 Å². The highest BCUT2D eigenvalue weighted by Gasteiger charge is 2.26. The van der Waals surface area contributed by atoms with Crippen molar-refractivity contribution in [2.24, 2.45) is 7.05 Å². The summed E-state index contributed by atoms with van der Waals surface area (Å²) in [6, 6.07) is 14.1. The average molecular weight is 388 g/mol. The van der Waals surface area contributed by atoms with Crippen LogP contribution in [0.1, 0.15) is 64.1 Å². The molecule has 4 nitrogen and oxygen atoms in total. The quantitative estimate of drug-likeness (QED) is 0.554. The van der Waals surface area contributed by atoms with Gasteiger partial charge in [0.2, 0.25) is 0 Å². The van der Waals surface area contributed by atoms with Crippen LogP contribution in [0.4, 0.5) is 0 Å². The van der Waals surface area contributed by atoms with Gasteiger partial charge in [-0.15, -0.1) is 0 Å². The summed E-state index contributed by atoms with van der Waals surface area (Å²) in [7, 11) is 1.92. The third kappa shape index (κ3) is 3.91. The van der Waals surface area contributed by atoms with Crippen molar-refractivity contribution >= 4 is 22.7 Å². The number of aromatic nitrogens is 2. The Kier molecular flexibility index (Phi) is 5.04. The molecule has 0 aliphatic heterocycles. The van der Waals surface area contributed by atoms with Gasteiger partial charge in [0.1, 0.15) is 11.8 Å². The van der Waals surface area contributed by atoms with Crippen LogP contribution in [-0.2, 0) is 17.9 Å². The third-order valence-electron chi connectivity index (χ3n) is 5.21. The summed E-state index contributed by atoms with van der Waals surface area (Å²) >= 11 is 0. The van der Waals surface area contributed by atoms with Crippen molar-refractivity contribution in [3.63, 3.8) is 0 Å². The van der Waals surface area contributed by atoms with Crippen LogP contribution in [0.3, 0.4) is 0 Å². The second-order valence-corrected chi connectivity index (χ2v) is 9.62. The number of phenolic OH excluding ortho intramolecular Hbond substituents is 1. The number of rotatable bonds is 2. The van der Waals surface area contributed by atoms with Crippen molar-refractivity contribution in [2.75, 3.05) is 0 Å². The van der Waals surface area contributed by atoms with Gasteiger partial charge in [0.05, 0.1) is 16.6 Å². The summed E-state index contributed by atoms with van der Waals surface area (Å²) < 4.78 is 1.94. The number of benzene rings is 2. The Balaban J connectivity index is 2.24. The van der Waals surface area contributed by atoms with E-state index in [4.69, 9.17) is 0 Å². The Morgan fingerprint density at radius 1 is 1.03 bits per heavy atom. The molecule has 0 saturated heterocycles. The molecule has 4 heteroatoms. The maximum atomic E-state index is 10.9. The van der Waals surface area contributed by atoms with E-state index in [1.54, 1.807) is 0 Å². The molecule has 1 N–H and O–H groups in total. The van der Waals surface area contributed by atoms with Gasteiger partial charge in [-0.2, -0.15) is 5.26 Å².